The molecule has 0 saturated carbocycles. The molecular weight excluding hydrogens is 216 g/mol. The van der Waals surface area contributed by atoms with E-state index in [2.05, 4.69) is 0 Å². The number of aromatic nitrogens is 1. The van der Waals surface area contributed by atoms with Crippen molar-refractivity contribution in [2.75, 3.05) is 20.2 Å². The van der Waals surface area contributed by atoms with Crippen LogP contribution < -0.4 is 4.87 Å². The number of aliphatic hydroxyl groups excluding tert-OH is 1. The Morgan fingerprint density at radius 2 is 2.20 bits per heavy atom. The van der Waals surface area contributed by atoms with Crippen LogP contribution in [-0.2, 0) is 7.05 Å². The van der Waals surface area contributed by atoms with E-state index in [4.69, 9.17) is 5.11 Å². The van der Waals surface area contributed by atoms with Crippen molar-refractivity contribution in [1.29, 1.82) is 0 Å². The third-order valence-electron chi connectivity index (χ3n) is 2.27. The first-order chi connectivity index (χ1) is 6.99. The Labute approximate surface area is 91.6 Å². The molecule has 6 heteroatoms. The van der Waals surface area contributed by atoms with E-state index in [-0.39, 0.29) is 23.9 Å². The van der Waals surface area contributed by atoms with Crippen LogP contribution >= 0.6 is 11.3 Å². The fraction of sp³-hybridized carbons (Fsp3) is 0.556. The lowest BCUT2D eigenvalue weighted by Crippen LogP contribution is -2.29. The van der Waals surface area contributed by atoms with Crippen molar-refractivity contribution in [3.63, 3.8) is 0 Å². The van der Waals surface area contributed by atoms with Gasteiger partial charge in [-0.1, -0.05) is 11.3 Å². The van der Waals surface area contributed by atoms with Crippen LogP contribution in [0.15, 0.2) is 4.79 Å². The van der Waals surface area contributed by atoms with Gasteiger partial charge in [-0.15, -0.1) is 0 Å². The first-order valence-electron chi connectivity index (χ1n) is 4.51. The third-order valence-corrected chi connectivity index (χ3v) is 3.39. The molecule has 0 aliphatic rings. The van der Waals surface area contributed by atoms with Crippen molar-refractivity contribution >= 4 is 17.2 Å². The van der Waals surface area contributed by atoms with Crippen LogP contribution in [-0.4, -0.2) is 40.7 Å². The summed E-state index contributed by atoms with van der Waals surface area (Å²) in [5, 5.41) is 8.70. The van der Waals surface area contributed by atoms with Crippen molar-refractivity contribution < 1.29 is 9.90 Å². The molecule has 84 valence electrons. The van der Waals surface area contributed by atoms with Crippen molar-refractivity contribution in [2.24, 2.45) is 7.05 Å². The first-order valence-corrected chi connectivity index (χ1v) is 5.33. The van der Waals surface area contributed by atoms with E-state index in [9.17, 15) is 9.59 Å². The summed E-state index contributed by atoms with van der Waals surface area (Å²) in [5.74, 6) is -0.218. The van der Waals surface area contributed by atoms with Crippen molar-refractivity contribution in [1.82, 2.24) is 9.47 Å². The van der Waals surface area contributed by atoms with E-state index in [1.807, 2.05) is 0 Å². The van der Waals surface area contributed by atoms with E-state index in [0.29, 0.717) is 10.6 Å². The fourth-order valence-corrected chi connectivity index (χ4v) is 2.12. The summed E-state index contributed by atoms with van der Waals surface area (Å²) in [7, 11) is 3.24. The van der Waals surface area contributed by atoms with E-state index < -0.39 is 0 Å². The third kappa shape index (κ3) is 2.27. The van der Waals surface area contributed by atoms with E-state index in [1.54, 1.807) is 21.0 Å². The van der Waals surface area contributed by atoms with Gasteiger partial charge >= 0.3 is 4.87 Å². The molecule has 5 nitrogen and oxygen atoms in total. The van der Waals surface area contributed by atoms with Crippen LogP contribution in [0.5, 0.6) is 0 Å². The predicted molar refractivity (Wildman–Crippen MR) is 58.3 cm³/mol. The highest BCUT2D eigenvalue weighted by Crippen LogP contribution is 2.12. The van der Waals surface area contributed by atoms with Crippen molar-refractivity contribution in [2.45, 2.75) is 6.92 Å². The molecule has 0 bridgehead atoms. The molecule has 0 atom stereocenters. The maximum absolute atomic E-state index is 11.8. The molecule has 0 radical (unpaired) electrons. The molecule has 1 aromatic heterocycles. The highest BCUT2D eigenvalue weighted by atomic mass is 32.1. The van der Waals surface area contributed by atoms with Gasteiger partial charge in [0.05, 0.1) is 6.61 Å². The van der Waals surface area contributed by atoms with Crippen LogP contribution in [0.2, 0.25) is 0 Å². The fourth-order valence-electron chi connectivity index (χ4n) is 1.14. The molecule has 0 spiro atoms. The number of aliphatic hydroxyl groups is 1. The Morgan fingerprint density at radius 1 is 1.60 bits per heavy atom. The highest BCUT2D eigenvalue weighted by Gasteiger charge is 2.18. The lowest BCUT2D eigenvalue weighted by Gasteiger charge is -2.14. The zero-order chi connectivity index (χ0) is 11.6. The number of carbonyl (C=O) groups is 1. The van der Waals surface area contributed by atoms with Crippen LogP contribution in [0.3, 0.4) is 0 Å². The zero-order valence-corrected chi connectivity index (χ0v) is 9.80. The molecule has 0 fully saturated rings. The Kier molecular flexibility index (Phi) is 3.65. The normalized spacial score (nSPS) is 10.4. The summed E-state index contributed by atoms with van der Waals surface area (Å²) in [6, 6.07) is 0. The molecule has 0 aliphatic heterocycles. The molecule has 1 rings (SSSR count). The van der Waals surface area contributed by atoms with E-state index >= 15 is 0 Å². The van der Waals surface area contributed by atoms with Crippen LogP contribution in [0.1, 0.15) is 15.4 Å². The number of carbonyl (C=O) groups excluding carboxylic acids is 1. The van der Waals surface area contributed by atoms with Gasteiger partial charge in [0.25, 0.3) is 5.91 Å². The highest BCUT2D eigenvalue weighted by molar-refractivity contribution is 7.11. The number of amides is 1. The summed E-state index contributed by atoms with van der Waals surface area (Å²) in [6.45, 7) is 1.93. The number of nitrogens with zero attached hydrogens (tertiary/aromatic N) is 2. The van der Waals surface area contributed by atoms with Gasteiger partial charge in [-0.3, -0.25) is 9.59 Å². The maximum Gasteiger partial charge on any atom is 0.307 e. The molecule has 1 N–H and O–H groups in total. The second-order valence-corrected chi connectivity index (χ2v) is 4.25. The average molecular weight is 230 g/mol. The van der Waals surface area contributed by atoms with Gasteiger partial charge in [-0.2, -0.15) is 0 Å². The summed E-state index contributed by atoms with van der Waals surface area (Å²) in [6.07, 6.45) is 0. The molecule has 1 amide bonds. The second-order valence-electron chi connectivity index (χ2n) is 3.29. The minimum atomic E-state index is -0.218. The Hall–Kier alpha value is -1.14. The SMILES string of the molecule is Cc1c(C(=O)N(C)CCO)sc(=O)n1C. The topological polar surface area (TPSA) is 62.5 Å². The number of hydrogen-bond donors (Lipinski definition) is 1. The summed E-state index contributed by atoms with van der Waals surface area (Å²) >= 11 is 0.938. The molecule has 0 aliphatic carbocycles. The van der Waals surface area contributed by atoms with Crippen LogP contribution in [0, 0.1) is 6.92 Å². The van der Waals surface area contributed by atoms with Gasteiger partial charge in [0.15, 0.2) is 0 Å². The summed E-state index contributed by atoms with van der Waals surface area (Å²) < 4.78 is 1.45. The lowest BCUT2D eigenvalue weighted by molar-refractivity contribution is 0.0770. The minimum absolute atomic E-state index is 0.0803. The largest absolute Gasteiger partial charge is 0.395 e. The molecule has 0 aromatic carbocycles. The Morgan fingerprint density at radius 3 is 2.60 bits per heavy atom. The number of likely N-dealkylation sites (N-methyl/N-ethyl adjacent to an activating group) is 1. The van der Waals surface area contributed by atoms with Gasteiger partial charge in [0.2, 0.25) is 0 Å². The van der Waals surface area contributed by atoms with Gasteiger partial charge in [0.1, 0.15) is 4.88 Å². The average Bonchev–Trinajstić information content (AvgIpc) is 2.45. The van der Waals surface area contributed by atoms with Gasteiger partial charge < -0.3 is 14.6 Å². The molecule has 15 heavy (non-hydrogen) atoms. The first kappa shape index (κ1) is 11.9. The van der Waals surface area contributed by atoms with Gasteiger partial charge in [0, 0.05) is 26.3 Å². The number of hydrogen-bond acceptors (Lipinski definition) is 4. The van der Waals surface area contributed by atoms with Crippen molar-refractivity contribution in [3.05, 3.63) is 20.2 Å². The number of thiazole rings is 1. The van der Waals surface area contributed by atoms with Gasteiger partial charge in [-0.05, 0) is 6.92 Å². The van der Waals surface area contributed by atoms with Crippen LogP contribution in [0.25, 0.3) is 0 Å². The molecule has 1 heterocycles. The smallest absolute Gasteiger partial charge is 0.307 e. The molecule has 0 saturated heterocycles. The molecule has 1 aromatic rings. The summed E-state index contributed by atoms with van der Waals surface area (Å²) in [5.41, 5.74) is 0.666. The molecular formula is C9H14N2O3S. The van der Waals surface area contributed by atoms with E-state index in [0.717, 1.165) is 11.3 Å². The van der Waals surface area contributed by atoms with Gasteiger partial charge in [-0.25, -0.2) is 0 Å². The Balaban J connectivity index is 3.01. The monoisotopic (exact) mass is 230 g/mol. The zero-order valence-electron chi connectivity index (χ0n) is 8.98. The lowest BCUT2D eigenvalue weighted by atomic mass is 10.3. The maximum atomic E-state index is 11.8. The standard InChI is InChI=1S/C9H14N2O3S/c1-6-7(15-9(14)11(6)3)8(13)10(2)4-5-12/h12H,4-5H2,1-3H3. The van der Waals surface area contributed by atoms with Crippen LogP contribution in [0.4, 0.5) is 0 Å². The van der Waals surface area contributed by atoms with E-state index in [1.165, 1.54) is 9.47 Å². The minimum Gasteiger partial charge on any atom is -0.395 e. The number of rotatable bonds is 3. The predicted octanol–water partition coefficient (Wildman–Crippen LogP) is -0.180. The molecule has 0 unspecified atom stereocenters. The van der Waals surface area contributed by atoms with Crippen molar-refractivity contribution in [3.8, 4) is 0 Å². The Bertz CT molecular complexity index is 421. The second kappa shape index (κ2) is 4.59. The quantitative estimate of drug-likeness (QED) is 0.783. The summed E-state index contributed by atoms with van der Waals surface area (Å²) in [4.78, 5) is 24.8.